The minimum Gasteiger partial charge on any atom is -0.300 e. The molecule has 1 aromatic rings. The van der Waals surface area contributed by atoms with Crippen LogP contribution in [-0.4, -0.2) is 17.0 Å². The van der Waals surface area contributed by atoms with Gasteiger partial charge in [0.2, 0.25) is 0 Å². The highest BCUT2D eigenvalue weighted by Gasteiger charge is 2.37. The molecule has 5 heteroatoms. The van der Waals surface area contributed by atoms with E-state index in [9.17, 15) is 9.59 Å². The average Bonchev–Trinajstić information content (AvgIpc) is 2.54. The molecule has 1 N–H and O–H groups in total. The molecule has 0 bridgehead atoms. The summed E-state index contributed by atoms with van der Waals surface area (Å²) < 4.78 is 0. The molecule has 1 atom stereocenters. The summed E-state index contributed by atoms with van der Waals surface area (Å²) in [6, 6.07) is 4.80. The Morgan fingerprint density at radius 1 is 1.53 bits per heavy atom. The van der Waals surface area contributed by atoms with Crippen LogP contribution in [0.1, 0.15) is 15.9 Å². The van der Waals surface area contributed by atoms with Crippen molar-refractivity contribution < 1.29 is 19.7 Å². The van der Waals surface area contributed by atoms with Gasteiger partial charge in [0, 0.05) is 10.6 Å². The number of fused-ring (bicyclic) bond motifs is 1. The number of rotatable bonds is 1. The lowest BCUT2D eigenvalue weighted by Crippen LogP contribution is -2.21. The number of hydrogen-bond donors (Lipinski definition) is 1. The minimum absolute atomic E-state index is 0.230. The molecule has 0 saturated carbocycles. The van der Waals surface area contributed by atoms with Crippen molar-refractivity contribution >= 4 is 23.4 Å². The molecule has 0 aliphatic heterocycles. The SMILES string of the molecule is O=C(OO)[C@H]1Cc2cc(Cl)ccc2C1=O. The van der Waals surface area contributed by atoms with Crippen molar-refractivity contribution in [3.05, 3.63) is 34.3 Å². The summed E-state index contributed by atoms with van der Waals surface area (Å²) in [6.07, 6.45) is 0.230. The Morgan fingerprint density at radius 2 is 2.27 bits per heavy atom. The van der Waals surface area contributed by atoms with E-state index in [1.165, 1.54) is 0 Å². The third-order valence-corrected chi connectivity index (χ3v) is 2.68. The Balaban J connectivity index is 2.37. The highest BCUT2D eigenvalue weighted by molar-refractivity contribution is 6.31. The first kappa shape index (κ1) is 10.1. The molecule has 0 spiro atoms. The van der Waals surface area contributed by atoms with Gasteiger partial charge in [0.25, 0.3) is 0 Å². The van der Waals surface area contributed by atoms with E-state index in [-0.39, 0.29) is 12.2 Å². The van der Waals surface area contributed by atoms with E-state index in [0.29, 0.717) is 16.1 Å². The Kier molecular flexibility index (Phi) is 2.46. The molecule has 78 valence electrons. The second-order valence-electron chi connectivity index (χ2n) is 3.33. The van der Waals surface area contributed by atoms with Crippen molar-refractivity contribution in [2.75, 3.05) is 0 Å². The van der Waals surface area contributed by atoms with E-state index in [1.807, 2.05) is 0 Å². The number of Topliss-reactive ketones (excluding diaryl/α,β-unsaturated/α-hetero) is 1. The zero-order valence-corrected chi connectivity index (χ0v) is 8.32. The van der Waals surface area contributed by atoms with Crippen LogP contribution in [0, 0.1) is 5.92 Å². The first-order chi connectivity index (χ1) is 7.13. The topological polar surface area (TPSA) is 63.6 Å². The van der Waals surface area contributed by atoms with Crippen LogP contribution in [0.2, 0.25) is 5.02 Å². The van der Waals surface area contributed by atoms with Gasteiger partial charge in [-0.25, -0.2) is 4.79 Å². The van der Waals surface area contributed by atoms with E-state index in [2.05, 4.69) is 4.89 Å². The van der Waals surface area contributed by atoms with E-state index < -0.39 is 11.9 Å². The molecular formula is C10H7ClO4. The molecule has 0 aromatic heterocycles. The number of carbonyl (C=O) groups is 2. The van der Waals surface area contributed by atoms with E-state index in [0.717, 1.165) is 0 Å². The first-order valence-electron chi connectivity index (χ1n) is 4.31. The molecule has 2 rings (SSSR count). The highest BCUT2D eigenvalue weighted by Crippen LogP contribution is 2.29. The fourth-order valence-corrected chi connectivity index (χ4v) is 1.92. The Bertz CT molecular complexity index is 441. The third kappa shape index (κ3) is 1.62. The van der Waals surface area contributed by atoms with Crippen LogP contribution in [0.25, 0.3) is 0 Å². The van der Waals surface area contributed by atoms with Crippen molar-refractivity contribution in [3.63, 3.8) is 0 Å². The predicted molar refractivity (Wildman–Crippen MR) is 51.7 cm³/mol. The highest BCUT2D eigenvalue weighted by atomic mass is 35.5. The average molecular weight is 227 g/mol. The lowest BCUT2D eigenvalue weighted by Gasteiger charge is -2.01. The molecule has 0 radical (unpaired) electrons. The maximum atomic E-state index is 11.7. The Morgan fingerprint density at radius 3 is 2.93 bits per heavy atom. The van der Waals surface area contributed by atoms with E-state index in [1.54, 1.807) is 18.2 Å². The van der Waals surface area contributed by atoms with Gasteiger partial charge in [-0.05, 0) is 30.2 Å². The van der Waals surface area contributed by atoms with Crippen LogP contribution < -0.4 is 0 Å². The molecule has 1 aromatic carbocycles. The molecule has 0 fully saturated rings. The van der Waals surface area contributed by atoms with Gasteiger partial charge in [0.1, 0.15) is 5.92 Å². The lowest BCUT2D eigenvalue weighted by atomic mass is 10.1. The predicted octanol–water partition coefficient (Wildman–Crippen LogP) is 1.71. The standard InChI is InChI=1S/C10H7ClO4/c11-6-1-2-7-5(3-6)4-8(9(7)12)10(13)15-14/h1-3,8,14H,4H2/t8-/m0/s1. The number of halogens is 1. The summed E-state index contributed by atoms with van der Waals surface area (Å²) in [5.41, 5.74) is 1.18. The number of hydrogen-bond acceptors (Lipinski definition) is 4. The maximum absolute atomic E-state index is 11.7. The smallest absolute Gasteiger partial charge is 0.300 e. The van der Waals surface area contributed by atoms with Crippen molar-refractivity contribution in [2.24, 2.45) is 5.92 Å². The van der Waals surface area contributed by atoms with E-state index >= 15 is 0 Å². The van der Waals surface area contributed by atoms with Crippen LogP contribution in [0.4, 0.5) is 0 Å². The summed E-state index contributed by atoms with van der Waals surface area (Å²) in [5.74, 6) is -2.20. The first-order valence-corrected chi connectivity index (χ1v) is 4.69. The van der Waals surface area contributed by atoms with Crippen LogP contribution in [0.15, 0.2) is 18.2 Å². The molecule has 15 heavy (non-hydrogen) atoms. The summed E-state index contributed by atoms with van der Waals surface area (Å²) >= 11 is 5.76. The zero-order valence-electron chi connectivity index (χ0n) is 7.57. The van der Waals surface area contributed by atoms with Crippen molar-refractivity contribution in [1.29, 1.82) is 0 Å². The van der Waals surface area contributed by atoms with Gasteiger partial charge in [-0.3, -0.25) is 4.79 Å². The maximum Gasteiger partial charge on any atom is 0.353 e. The van der Waals surface area contributed by atoms with Crippen molar-refractivity contribution in [3.8, 4) is 0 Å². The Labute approximate surface area is 90.3 Å². The molecule has 0 amide bonds. The second-order valence-corrected chi connectivity index (χ2v) is 3.77. The van der Waals surface area contributed by atoms with Crippen LogP contribution in [-0.2, 0) is 16.1 Å². The third-order valence-electron chi connectivity index (χ3n) is 2.45. The molecular weight excluding hydrogens is 220 g/mol. The molecule has 1 aliphatic carbocycles. The van der Waals surface area contributed by atoms with Crippen LogP contribution >= 0.6 is 11.6 Å². The summed E-state index contributed by atoms with van der Waals surface area (Å²) in [6.45, 7) is 0. The lowest BCUT2D eigenvalue weighted by molar-refractivity contribution is -0.237. The number of carbonyl (C=O) groups excluding carboxylic acids is 2. The summed E-state index contributed by atoms with van der Waals surface area (Å²) in [4.78, 5) is 26.3. The molecule has 1 aliphatic rings. The summed E-state index contributed by atoms with van der Waals surface area (Å²) in [7, 11) is 0. The van der Waals surface area contributed by atoms with Crippen molar-refractivity contribution in [1.82, 2.24) is 0 Å². The quantitative estimate of drug-likeness (QED) is 0.450. The van der Waals surface area contributed by atoms with Crippen molar-refractivity contribution in [2.45, 2.75) is 6.42 Å². The van der Waals surface area contributed by atoms with Gasteiger partial charge in [-0.15, -0.1) is 0 Å². The number of benzene rings is 1. The zero-order chi connectivity index (χ0) is 11.0. The fourth-order valence-electron chi connectivity index (χ4n) is 1.73. The number of ketones is 1. The molecule has 0 heterocycles. The Hall–Kier alpha value is -1.39. The van der Waals surface area contributed by atoms with Gasteiger partial charge >= 0.3 is 5.97 Å². The van der Waals surface area contributed by atoms with E-state index in [4.69, 9.17) is 16.9 Å². The fraction of sp³-hybridized carbons (Fsp3) is 0.200. The second kappa shape index (κ2) is 3.64. The van der Waals surface area contributed by atoms with Gasteiger partial charge in [-0.2, -0.15) is 5.26 Å². The minimum atomic E-state index is -0.941. The van der Waals surface area contributed by atoms with Crippen LogP contribution in [0.3, 0.4) is 0 Å². The largest absolute Gasteiger partial charge is 0.353 e. The molecule has 0 saturated heterocycles. The molecule has 0 unspecified atom stereocenters. The van der Waals surface area contributed by atoms with Gasteiger partial charge in [0.15, 0.2) is 5.78 Å². The van der Waals surface area contributed by atoms with Gasteiger partial charge in [-0.1, -0.05) is 11.6 Å². The molecule has 4 nitrogen and oxygen atoms in total. The normalized spacial score (nSPS) is 18.8. The monoisotopic (exact) mass is 226 g/mol. The van der Waals surface area contributed by atoms with Gasteiger partial charge in [0.05, 0.1) is 0 Å². The van der Waals surface area contributed by atoms with Crippen LogP contribution in [0.5, 0.6) is 0 Å². The summed E-state index contributed by atoms with van der Waals surface area (Å²) in [5, 5.41) is 8.73. The van der Waals surface area contributed by atoms with Gasteiger partial charge < -0.3 is 4.89 Å².